The van der Waals surface area contributed by atoms with Crippen LogP contribution in [-0.2, 0) is 20.8 Å². The maximum absolute atomic E-state index is 12.2. The quantitative estimate of drug-likeness (QED) is 0.761. The van der Waals surface area contributed by atoms with Gasteiger partial charge in [-0.05, 0) is 51.1 Å². The molecule has 0 fully saturated rings. The maximum Gasteiger partial charge on any atom is 0.412 e. The fourth-order valence-electron chi connectivity index (χ4n) is 2.19. The summed E-state index contributed by atoms with van der Waals surface area (Å²) >= 11 is 0. The monoisotopic (exact) mass is 388 g/mol. The summed E-state index contributed by atoms with van der Waals surface area (Å²) in [5.41, 5.74) is -0.0529. The van der Waals surface area contributed by atoms with Gasteiger partial charge in [-0.1, -0.05) is 6.07 Å². The average Bonchev–Trinajstić information content (AvgIpc) is 3.10. The summed E-state index contributed by atoms with van der Waals surface area (Å²) in [6, 6.07) is 9.66. The molecule has 0 saturated carbocycles. The zero-order chi connectivity index (χ0) is 20.7. The first-order valence-corrected chi connectivity index (χ1v) is 8.67. The molecule has 28 heavy (non-hydrogen) atoms. The number of amides is 2. The Morgan fingerprint density at radius 3 is 2.54 bits per heavy atom. The largest absolute Gasteiger partial charge is 0.467 e. The van der Waals surface area contributed by atoms with E-state index in [9.17, 15) is 14.4 Å². The van der Waals surface area contributed by atoms with Crippen molar-refractivity contribution in [2.75, 3.05) is 19.0 Å². The minimum atomic E-state index is -0.674. The first kappa shape index (κ1) is 21.0. The number of carbonyl (C=O) groups is 3. The highest BCUT2D eigenvalue weighted by Gasteiger charge is 2.18. The van der Waals surface area contributed by atoms with E-state index < -0.39 is 24.3 Å². The molecule has 0 saturated heterocycles. The molecule has 1 N–H and O–H groups in total. The third kappa shape index (κ3) is 6.79. The Morgan fingerprint density at radius 1 is 1.14 bits per heavy atom. The van der Waals surface area contributed by atoms with E-state index in [1.165, 1.54) is 23.3 Å². The van der Waals surface area contributed by atoms with Gasteiger partial charge in [0.25, 0.3) is 5.91 Å². The molecule has 2 rings (SSSR count). The van der Waals surface area contributed by atoms with Crippen LogP contribution in [0.25, 0.3) is 0 Å². The molecule has 0 unspecified atom stereocenters. The maximum atomic E-state index is 12.2. The minimum absolute atomic E-state index is 0.204. The van der Waals surface area contributed by atoms with Gasteiger partial charge in [0.2, 0.25) is 0 Å². The first-order chi connectivity index (χ1) is 13.1. The minimum Gasteiger partial charge on any atom is -0.467 e. The van der Waals surface area contributed by atoms with E-state index >= 15 is 0 Å². The topological polar surface area (TPSA) is 98.1 Å². The van der Waals surface area contributed by atoms with E-state index in [-0.39, 0.29) is 18.0 Å². The third-order valence-electron chi connectivity index (χ3n) is 3.47. The number of nitrogens with one attached hydrogen (secondary N) is 1. The van der Waals surface area contributed by atoms with E-state index in [1.807, 2.05) is 0 Å². The van der Waals surface area contributed by atoms with Gasteiger partial charge in [0.05, 0.1) is 18.4 Å². The predicted molar refractivity (Wildman–Crippen MR) is 102 cm³/mol. The molecule has 0 radical (unpaired) electrons. The van der Waals surface area contributed by atoms with Gasteiger partial charge in [-0.2, -0.15) is 0 Å². The van der Waals surface area contributed by atoms with Crippen molar-refractivity contribution in [3.8, 4) is 0 Å². The summed E-state index contributed by atoms with van der Waals surface area (Å²) in [6.45, 7) is 5.12. The number of anilines is 1. The van der Waals surface area contributed by atoms with Crippen molar-refractivity contribution in [2.24, 2.45) is 0 Å². The van der Waals surface area contributed by atoms with Crippen LogP contribution in [0.4, 0.5) is 10.5 Å². The molecule has 0 atom stereocenters. The highest BCUT2D eigenvalue weighted by atomic mass is 16.6. The van der Waals surface area contributed by atoms with Gasteiger partial charge in [-0.15, -0.1) is 0 Å². The molecule has 1 aromatic heterocycles. The Morgan fingerprint density at radius 2 is 1.89 bits per heavy atom. The van der Waals surface area contributed by atoms with E-state index in [4.69, 9.17) is 13.9 Å². The molecule has 0 aliphatic rings. The number of nitrogens with zero attached hydrogens (tertiary/aromatic N) is 1. The van der Waals surface area contributed by atoms with Crippen molar-refractivity contribution in [2.45, 2.75) is 32.9 Å². The van der Waals surface area contributed by atoms with Crippen LogP contribution in [0.3, 0.4) is 0 Å². The molecular weight excluding hydrogens is 364 g/mol. The van der Waals surface area contributed by atoms with E-state index in [1.54, 1.807) is 52.1 Å². The fourth-order valence-corrected chi connectivity index (χ4v) is 2.19. The van der Waals surface area contributed by atoms with Crippen molar-refractivity contribution in [1.82, 2.24) is 4.90 Å². The molecule has 0 aliphatic carbocycles. The lowest BCUT2D eigenvalue weighted by atomic mass is 10.2. The van der Waals surface area contributed by atoms with Gasteiger partial charge >= 0.3 is 12.1 Å². The zero-order valence-corrected chi connectivity index (χ0v) is 16.4. The Bertz CT molecular complexity index is 823. The van der Waals surface area contributed by atoms with Crippen LogP contribution in [0.5, 0.6) is 0 Å². The molecule has 2 aromatic rings. The van der Waals surface area contributed by atoms with Crippen LogP contribution >= 0.6 is 0 Å². The normalized spacial score (nSPS) is 10.9. The van der Waals surface area contributed by atoms with Crippen LogP contribution in [0.2, 0.25) is 0 Å². The van der Waals surface area contributed by atoms with Crippen LogP contribution < -0.4 is 5.32 Å². The molecule has 0 aliphatic heterocycles. The third-order valence-corrected chi connectivity index (χ3v) is 3.47. The van der Waals surface area contributed by atoms with Crippen LogP contribution in [0.1, 0.15) is 36.9 Å². The van der Waals surface area contributed by atoms with Gasteiger partial charge < -0.3 is 18.8 Å². The lowest BCUT2D eigenvalue weighted by Crippen LogP contribution is -2.30. The molecule has 0 bridgehead atoms. The molecule has 8 heteroatoms. The number of benzene rings is 1. The Hall–Kier alpha value is -3.29. The lowest BCUT2D eigenvalue weighted by Gasteiger charge is -2.19. The molecular formula is C20H24N2O6. The second-order valence-corrected chi connectivity index (χ2v) is 7.11. The molecule has 150 valence electrons. The number of hydrogen-bond donors (Lipinski definition) is 1. The van der Waals surface area contributed by atoms with E-state index in [0.717, 1.165) is 0 Å². The number of ether oxygens (including phenoxy) is 2. The second kappa shape index (κ2) is 9.07. The lowest BCUT2D eigenvalue weighted by molar-refractivity contribution is -0.133. The standard InChI is InChI=1S/C20H24N2O6/c1-20(2,3)28-19(25)21-15-8-5-7-14(11-15)18(24)27-13-17(23)22(4)12-16-9-6-10-26-16/h5-11H,12-13H2,1-4H3,(H,21,25). The van der Waals surface area contributed by atoms with Gasteiger partial charge in [0.15, 0.2) is 6.61 Å². The summed E-state index contributed by atoms with van der Waals surface area (Å²) in [6.07, 6.45) is 0.888. The predicted octanol–water partition coefficient (Wildman–Crippen LogP) is 3.44. The molecule has 0 spiro atoms. The summed E-state index contributed by atoms with van der Waals surface area (Å²) in [5, 5.41) is 2.55. The van der Waals surface area contributed by atoms with Crippen LogP contribution in [-0.4, -0.2) is 42.1 Å². The Labute approximate surface area is 163 Å². The summed E-state index contributed by atoms with van der Waals surface area (Å²) in [4.78, 5) is 37.5. The summed E-state index contributed by atoms with van der Waals surface area (Å²) in [7, 11) is 1.59. The number of furan rings is 1. The van der Waals surface area contributed by atoms with Gasteiger partial charge in [0.1, 0.15) is 11.4 Å². The van der Waals surface area contributed by atoms with Crippen molar-refractivity contribution >= 4 is 23.7 Å². The Balaban J connectivity index is 1.88. The van der Waals surface area contributed by atoms with Crippen molar-refractivity contribution in [1.29, 1.82) is 0 Å². The second-order valence-electron chi connectivity index (χ2n) is 7.11. The van der Waals surface area contributed by atoms with Gasteiger partial charge in [-0.3, -0.25) is 10.1 Å². The van der Waals surface area contributed by atoms with Gasteiger partial charge in [-0.25, -0.2) is 9.59 Å². The number of likely N-dealkylation sites (N-methyl/N-ethyl adjacent to an activating group) is 1. The number of rotatable bonds is 6. The highest BCUT2D eigenvalue weighted by Crippen LogP contribution is 2.14. The Kier molecular flexibility index (Phi) is 6.81. The van der Waals surface area contributed by atoms with Crippen molar-refractivity contribution in [3.05, 3.63) is 54.0 Å². The van der Waals surface area contributed by atoms with E-state index in [2.05, 4.69) is 5.32 Å². The highest BCUT2D eigenvalue weighted by molar-refractivity contribution is 5.93. The smallest absolute Gasteiger partial charge is 0.412 e. The summed E-state index contributed by atoms with van der Waals surface area (Å²) in [5.74, 6) is -0.413. The fraction of sp³-hybridized carbons (Fsp3) is 0.350. The van der Waals surface area contributed by atoms with Crippen LogP contribution in [0, 0.1) is 0 Å². The molecule has 2 amide bonds. The van der Waals surface area contributed by atoms with Crippen molar-refractivity contribution in [3.63, 3.8) is 0 Å². The number of carbonyl (C=O) groups excluding carboxylic acids is 3. The average molecular weight is 388 g/mol. The van der Waals surface area contributed by atoms with Crippen molar-refractivity contribution < 1.29 is 28.3 Å². The van der Waals surface area contributed by atoms with E-state index in [0.29, 0.717) is 11.4 Å². The zero-order valence-electron chi connectivity index (χ0n) is 16.4. The first-order valence-electron chi connectivity index (χ1n) is 8.67. The molecule has 1 aromatic carbocycles. The number of esters is 1. The van der Waals surface area contributed by atoms with Gasteiger partial charge in [0, 0.05) is 12.7 Å². The number of hydrogen-bond acceptors (Lipinski definition) is 6. The SMILES string of the molecule is CN(Cc1ccco1)C(=O)COC(=O)c1cccc(NC(=O)OC(C)(C)C)c1. The molecule has 8 nitrogen and oxygen atoms in total. The summed E-state index contributed by atoms with van der Waals surface area (Å²) < 4.78 is 15.4. The molecule has 1 heterocycles. The van der Waals surface area contributed by atoms with Crippen LogP contribution in [0.15, 0.2) is 47.1 Å².